The van der Waals surface area contributed by atoms with Crippen molar-refractivity contribution in [3.05, 3.63) is 21.9 Å². The highest BCUT2D eigenvalue weighted by atomic mass is 35.5. The van der Waals surface area contributed by atoms with Crippen molar-refractivity contribution in [1.29, 1.82) is 0 Å². The molecule has 1 N–H and O–H groups in total. The van der Waals surface area contributed by atoms with Crippen LogP contribution in [0.5, 0.6) is 0 Å². The Hall–Kier alpha value is -0.580. The molecule has 2 atom stereocenters. The first kappa shape index (κ1) is 14.5. The molecule has 1 aromatic heterocycles. The van der Waals surface area contributed by atoms with E-state index in [1.807, 2.05) is 22.6 Å². The largest absolute Gasteiger partial charge is 0.333 e. The molecule has 1 fully saturated rings. The Morgan fingerprint density at radius 3 is 2.76 bits per heavy atom. The summed E-state index contributed by atoms with van der Waals surface area (Å²) in [5.74, 6) is 0.180. The third-order valence-electron chi connectivity index (χ3n) is 3.11. The molecule has 1 aliphatic heterocycles. The van der Waals surface area contributed by atoms with Gasteiger partial charge in [-0.25, -0.2) is 0 Å². The van der Waals surface area contributed by atoms with Crippen LogP contribution in [0.4, 0.5) is 0 Å². The van der Waals surface area contributed by atoms with Crippen molar-refractivity contribution in [3.63, 3.8) is 0 Å². The van der Waals surface area contributed by atoms with Crippen LogP contribution in [0.1, 0.15) is 29.8 Å². The standard InChI is InChI=1S/C12H18N2OS.ClH/c1-8-6-16-7-11(8)12(15)14-5-9(2)13-4-10(14)3;/h6-7,9-10,13H,4-5H2,1-3H3;1H. The van der Waals surface area contributed by atoms with Crippen molar-refractivity contribution in [2.45, 2.75) is 32.9 Å². The van der Waals surface area contributed by atoms with Crippen LogP contribution in [-0.4, -0.2) is 36.0 Å². The lowest BCUT2D eigenvalue weighted by Gasteiger charge is -2.37. The summed E-state index contributed by atoms with van der Waals surface area (Å²) in [6, 6.07) is 0.669. The molecule has 0 spiro atoms. The molecule has 0 saturated carbocycles. The highest BCUT2D eigenvalue weighted by Crippen LogP contribution is 2.18. The Balaban J connectivity index is 0.00000144. The molecule has 1 aliphatic rings. The zero-order chi connectivity index (χ0) is 11.7. The van der Waals surface area contributed by atoms with Gasteiger partial charge in [-0.2, -0.15) is 11.3 Å². The second kappa shape index (κ2) is 5.85. The van der Waals surface area contributed by atoms with E-state index in [1.165, 1.54) is 0 Å². The molecule has 1 saturated heterocycles. The number of amides is 1. The van der Waals surface area contributed by atoms with Crippen LogP contribution in [-0.2, 0) is 0 Å². The first-order chi connectivity index (χ1) is 7.59. The molecular weight excluding hydrogens is 256 g/mol. The van der Waals surface area contributed by atoms with E-state index in [9.17, 15) is 4.79 Å². The number of hydrogen-bond donors (Lipinski definition) is 1. The zero-order valence-electron chi connectivity index (χ0n) is 10.4. The molecule has 0 aliphatic carbocycles. The van der Waals surface area contributed by atoms with Gasteiger partial charge in [-0.1, -0.05) is 0 Å². The number of nitrogens with one attached hydrogen (secondary N) is 1. The fourth-order valence-corrected chi connectivity index (χ4v) is 2.86. The van der Waals surface area contributed by atoms with Crippen molar-refractivity contribution >= 4 is 29.7 Å². The van der Waals surface area contributed by atoms with E-state index in [0.29, 0.717) is 6.04 Å². The Bertz CT molecular complexity index is 394. The number of nitrogens with zero attached hydrogens (tertiary/aromatic N) is 1. The van der Waals surface area contributed by atoms with Crippen molar-refractivity contribution in [2.75, 3.05) is 13.1 Å². The fraction of sp³-hybridized carbons (Fsp3) is 0.583. The average molecular weight is 275 g/mol. The lowest BCUT2D eigenvalue weighted by Crippen LogP contribution is -2.56. The maximum absolute atomic E-state index is 12.3. The van der Waals surface area contributed by atoms with Gasteiger partial charge in [0, 0.05) is 30.6 Å². The highest BCUT2D eigenvalue weighted by Gasteiger charge is 2.28. The predicted molar refractivity (Wildman–Crippen MR) is 74.3 cm³/mol. The molecule has 2 unspecified atom stereocenters. The van der Waals surface area contributed by atoms with Crippen LogP contribution in [0, 0.1) is 6.92 Å². The summed E-state index contributed by atoms with van der Waals surface area (Å²) in [6.07, 6.45) is 0. The maximum atomic E-state index is 12.3. The third kappa shape index (κ3) is 3.00. The minimum atomic E-state index is 0. The van der Waals surface area contributed by atoms with Crippen molar-refractivity contribution in [1.82, 2.24) is 10.2 Å². The zero-order valence-corrected chi connectivity index (χ0v) is 12.0. The minimum Gasteiger partial charge on any atom is -0.333 e. The molecule has 1 amide bonds. The molecule has 0 bridgehead atoms. The Kier molecular flexibility index (Phi) is 4.98. The molecule has 17 heavy (non-hydrogen) atoms. The van der Waals surface area contributed by atoms with Gasteiger partial charge in [0.25, 0.3) is 5.91 Å². The molecule has 1 aromatic rings. The summed E-state index contributed by atoms with van der Waals surface area (Å²) < 4.78 is 0. The van der Waals surface area contributed by atoms with Crippen molar-refractivity contribution in [3.8, 4) is 0 Å². The second-order valence-corrected chi connectivity index (χ2v) is 5.33. The van der Waals surface area contributed by atoms with E-state index in [0.717, 1.165) is 24.2 Å². The van der Waals surface area contributed by atoms with E-state index in [2.05, 4.69) is 19.2 Å². The van der Waals surface area contributed by atoms with Gasteiger partial charge in [0.2, 0.25) is 0 Å². The van der Waals surface area contributed by atoms with Gasteiger partial charge in [0.05, 0.1) is 5.56 Å². The van der Waals surface area contributed by atoms with Gasteiger partial charge in [0.15, 0.2) is 0 Å². The Labute approximate surface area is 113 Å². The van der Waals surface area contributed by atoms with Gasteiger partial charge in [-0.05, 0) is 31.7 Å². The second-order valence-electron chi connectivity index (χ2n) is 4.58. The van der Waals surface area contributed by atoms with Crippen molar-refractivity contribution in [2.24, 2.45) is 0 Å². The van der Waals surface area contributed by atoms with Gasteiger partial charge >= 0.3 is 0 Å². The van der Waals surface area contributed by atoms with E-state index in [1.54, 1.807) is 11.3 Å². The van der Waals surface area contributed by atoms with E-state index in [-0.39, 0.29) is 24.4 Å². The quantitative estimate of drug-likeness (QED) is 0.852. The number of carbonyl (C=O) groups excluding carboxylic acids is 1. The smallest absolute Gasteiger partial charge is 0.255 e. The van der Waals surface area contributed by atoms with Crippen LogP contribution in [0.15, 0.2) is 10.8 Å². The maximum Gasteiger partial charge on any atom is 0.255 e. The van der Waals surface area contributed by atoms with Gasteiger partial charge in [-0.15, -0.1) is 12.4 Å². The van der Waals surface area contributed by atoms with Gasteiger partial charge in [0.1, 0.15) is 0 Å². The van der Waals surface area contributed by atoms with Gasteiger partial charge < -0.3 is 10.2 Å². The fourth-order valence-electron chi connectivity index (χ4n) is 2.04. The SMILES string of the molecule is Cc1cscc1C(=O)N1CC(C)NCC1C.Cl. The van der Waals surface area contributed by atoms with Crippen LogP contribution >= 0.6 is 23.7 Å². The highest BCUT2D eigenvalue weighted by molar-refractivity contribution is 7.08. The molecular formula is C12H19ClN2OS. The molecule has 3 nitrogen and oxygen atoms in total. The molecule has 5 heteroatoms. The first-order valence-corrected chi connectivity index (χ1v) is 6.61. The number of aryl methyl sites for hydroxylation is 1. The first-order valence-electron chi connectivity index (χ1n) is 5.66. The molecule has 0 radical (unpaired) electrons. The number of halogens is 1. The number of rotatable bonds is 1. The number of piperazine rings is 1. The Morgan fingerprint density at radius 1 is 1.47 bits per heavy atom. The summed E-state index contributed by atoms with van der Waals surface area (Å²) in [5, 5.41) is 7.37. The van der Waals surface area contributed by atoms with Crippen LogP contribution in [0.3, 0.4) is 0 Å². The monoisotopic (exact) mass is 274 g/mol. The van der Waals surface area contributed by atoms with Crippen LogP contribution in [0.25, 0.3) is 0 Å². The summed E-state index contributed by atoms with van der Waals surface area (Å²) in [4.78, 5) is 14.3. The van der Waals surface area contributed by atoms with Crippen LogP contribution < -0.4 is 5.32 Å². The van der Waals surface area contributed by atoms with E-state index >= 15 is 0 Å². The number of hydrogen-bond acceptors (Lipinski definition) is 3. The number of thiophene rings is 1. The predicted octanol–water partition coefficient (Wildman–Crippen LogP) is 2.30. The van der Waals surface area contributed by atoms with Crippen molar-refractivity contribution < 1.29 is 4.79 Å². The Morgan fingerprint density at radius 2 is 2.18 bits per heavy atom. The summed E-state index contributed by atoms with van der Waals surface area (Å²) in [7, 11) is 0. The normalized spacial score (nSPS) is 24.3. The molecule has 2 rings (SSSR count). The molecule has 0 aromatic carbocycles. The van der Waals surface area contributed by atoms with E-state index in [4.69, 9.17) is 0 Å². The average Bonchev–Trinajstić information content (AvgIpc) is 2.67. The van der Waals surface area contributed by atoms with E-state index < -0.39 is 0 Å². The van der Waals surface area contributed by atoms with Gasteiger partial charge in [-0.3, -0.25) is 4.79 Å². The summed E-state index contributed by atoms with van der Waals surface area (Å²) in [6.45, 7) is 7.90. The number of carbonyl (C=O) groups is 1. The third-order valence-corrected chi connectivity index (χ3v) is 3.97. The van der Waals surface area contributed by atoms with Crippen LogP contribution in [0.2, 0.25) is 0 Å². The summed E-state index contributed by atoms with van der Waals surface area (Å²) in [5.41, 5.74) is 1.96. The minimum absolute atomic E-state index is 0. The molecule has 2 heterocycles. The molecule has 96 valence electrons. The lowest BCUT2D eigenvalue weighted by atomic mass is 10.1. The summed E-state index contributed by atoms with van der Waals surface area (Å²) >= 11 is 1.60. The lowest BCUT2D eigenvalue weighted by molar-refractivity contribution is 0.0616. The topological polar surface area (TPSA) is 32.3 Å².